The molecule has 0 saturated carbocycles. The first-order chi connectivity index (χ1) is 38.9. The van der Waals surface area contributed by atoms with E-state index >= 15 is 0 Å². The van der Waals surface area contributed by atoms with Crippen molar-refractivity contribution in [3.8, 4) is 5.75 Å². The summed E-state index contributed by atoms with van der Waals surface area (Å²) in [4.78, 5) is 55.5. The van der Waals surface area contributed by atoms with Crippen LogP contribution >= 0.6 is 0 Å². The Bertz CT molecular complexity index is 3910. The molecule has 4 heterocycles. The fourth-order valence-electron chi connectivity index (χ4n) is 10.9. The Balaban J connectivity index is 0.973. The third-order valence-corrected chi connectivity index (χ3v) is 16.7. The number of nitrogens with one attached hydrogen (secondary N) is 3. The van der Waals surface area contributed by atoms with E-state index in [4.69, 9.17) is 10.5 Å². The predicted molar refractivity (Wildman–Crippen MR) is 315 cm³/mol. The van der Waals surface area contributed by atoms with Crippen molar-refractivity contribution in [2.24, 2.45) is 0 Å². The molecule has 4 aromatic carbocycles. The van der Waals surface area contributed by atoms with Crippen LogP contribution in [-0.4, -0.2) is 104 Å². The first-order valence-corrected chi connectivity index (χ1v) is 30.2. The first kappa shape index (κ1) is 58.3. The lowest BCUT2D eigenvalue weighted by Gasteiger charge is -2.27. The van der Waals surface area contributed by atoms with E-state index < -0.39 is 54.5 Å². The van der Waals surface area contributed by atoms with Gasteiger partial charge in [0.1, 0.15) is 24.1 Å². The number of para-hydroxylation sites is 2. The average Bonchev–Trinajstić information content (AvgIpc) is 2.66. The quantitative estimate of drug-likeness (QED) is 0.0145. The van der Waals surface area contributed by atoms with E-state index in [0.29, 0.717) is 60.8 Å². The fourth-order valence-corrected chi connectivity index (χ4v) is 12.0. The molecule has 0 fully saturated rings. The summed E-state index contributed by atoms with van der Waals surface area (Å²) in [7, 11) is -8.30. The van der Waals surface area contributed by atoms with Crippen LogP contribution in [0.4, 0.5) is 23.0 Å². The Morgan fingerprint density at radius 3 is 2.26 bits per heavy atom. The Hall–Kier alpha value is -8.31. The zero-order valence-electron chi connectivity index (χ0n) is 45.9. The highest BCUT2D eigenvalue weighted by Crippen LogP contribution is 2.48. The van der Waals surface area contributed by atoms with E-state index in [1.807, 2.05) is 30.3 Å². The molecule has 1 aliphatic carbocycles. The molecule has 82 heavy (non-hydrogen) atoms. The van der Waals surface area contributed by atoms with Crippen molar-refractivity contribution >= 4 is 72.0 Å². The van der Waals surface area contributed by atoms with Crippen molar-refractivity contribution in [1.29, 1.82) is 0 Å². The Labute approximate surface area is 475 Å². The van der Waals surface area contributed by atoms with Crippen molar-refractivity contribution in [3.05, 3.63) is 188 Å². The number of aromatic nitrogens is 4. The standard InChI is InChI=1S/C60H65N9O11S2/c1-59(2)45-15-5-7-17-48(45)68(31-9-10-33-81(74,75)76)50(59)29-23-39-13-11-14-40(24-30-51-60(3,4)46-16-6-8-18-49(46)69(51)32-12-34-82(77,78)79)53(39)80-44-27-19-38(20-28-44)35-47(57(72)73)65-55(70)41-21-25-42(26-22-41)62-36-43-37-63-54-52(64-43)56(71)67-58(61)66-54/h5-8,15-30,37,47H,9-14,31-36H2,1-4H3,(H7-,61,62,63,65,66,67,70,71,72,73,74,75,76,77,78,79)/p+1/t47-/m0/s1/i19+1,20+1,27+1,35+1,38+1,44+1,47+1,57+1. The molecule has 2 aromatic heterocycles. The number of carbonyl (C=O) groups is 2. The van der Waals surface area contributed by atoms with Crippen molar-refractivity contribution in [1.82, 2.24) is 25.3 Å². The number of benzene rings is 4. The van der Waals surface area contributed by atoms with Crippen molar-refractivity contribution in [2.75, 3.05) is 40.5 Å². The minimum atomic E-state index is -4.18. The maximum atomic E-state index is 13.5. The molecular weight excluding hydrogens is 1090 g/mol. The van der Waals surface area contributed by atoms with Crippen molar-refractivity contribution in [2.45, 2.75) is 96.1 Å². The normalized spacial score (nSPS) is 17.2. The van der Waals surface area contributed by atoms with Gasteiger partial charge in [-0.25, -0.2) is 14.8 Å². The summed E-state index contributed by atoms with van der Waals surface area (Å²) < 4.78 is 75.0. The molecule has 0 bridgehead atoms. The van der Waals surface area contributed by atoms with Gasteiger partial charge in [0.25, 0.3) is 31.7 Å². The number of hydrogen-bond donors (Lipinski definition) is 7. The molecule has 22 heteroatoms. The Kier molecular flexibility index (Phi) is 17.1. The SMILES string of the molecule is CC1(C)C(/C=C/C2=C(O[13c]3c[13cH][13c]([13CH2][13C@H](NC(=O)c4ccc(NCc5cnc6nc(N)[nH]c(=O)c6n5)cc4)[13C](=O)O)[13cH][13cH]3)C(=C/C=C3/N(CCCCS(=O)(=O)O)c4ccccc4C3(C)C)/CCC2)=[N+](CCCS(=O)(=O)O)c2ccccc21. The van der Waals surface area contributed by atoms with Gasteiger partial charge in [0.2, 0.25) is 11.6 Å². The van der Waals surface area contributed by atoms with Crippen LogP contribution in [-0.2, 0) is 48.8 Å². The average molecular weight is 1160 g/mol. The summed E-state index contributed by atoms with van der Waals surface area (Å²) in [5, 5.41) is 16.1. The molecule has 0 radical (unpaired) electrons. The minimum absolute atomic E-state index is 0.0316. The molecule has 9 rings (SSSR count). The molecule has 6 aromatic rings. The van der Waals surface area contributed by atoms with Crippen LogP contribution in [0, 0.1) is 0 Å². The van der Waals surface area contributed by atoms with Crippen LogP contribution in [0.25, 0.3) is 11.2 Å². The summed E-state index contributed by atoms with van der Waals surface area (Å²) in [5.41, 5.74) is 14.3. The number of aromatic amines is 1. The number of carbonyl (C=O) groups excluding carboxylic acids is 1. The molecular formula is C60H66N9O11S2+. The smallest absolute Gasteiger partial charge is 0.326 e. The number of hydrogen-bond acceptors (Lipinski definition) is 14. The lowest BCUT2D eigenvalue weighted by Crippen LogP contribution is -2.42. The second kappa shape index (κ2) is 24.0. The number of nitrogen functional groups attached to an aromatic ring is 1. The van der Waals surface area contributed by atoms with Crippen LogP contribution in [0.2, 0.25) is 0 Å². The molecule has 0 unspecified atom stereocenters. The van der Waals surface area contributed by atoms with Crippen LogP contribution in [0.15, 0.2) is 155 Å². The van der Waals surface area contributed by atoms with Crippen LogP contribution in [0.1, 0.15) is 99.0 Å². The number of fused-ring (bicyclic) bond motifs is 3. The number of unbranched alkanes of at least 4 members (excludes halogenated alkanes) is 1. The number of rotatable bonds is 22. The lowest BCUT2D eigenvalue weighted by molar-refractivity contribution is -0.437. The van der Waals surface area contributed by atoms with E-state index in [-0.39, 0.29) is 60.0 Å². The molecule has 0 spiro atoms. The third-order valence-electron chi connectivity index (χ3n) is 15.1. The van der Waals surface area contributed by atoms with E-state index in [9.17, 15) is 45.4 Å². The number of ether oxygens (including phenoxy) is 1. The summed E-state index contributed by atoms with van der Waals surface area (Å²) in [6.07, 6.45) is 12.9. The molecule has 1 amide bonds. The van der Waals surface area contributed by atoms with Crippen LogP contribution in [0.5, 0.6) is 5.75 Å². The first-order valence-electron chi connectivity index (χ1n) is 27.0. The topological polar surface area (TPSA) is 300 Å². The number of carboxylic acid groups (broad SMARTS) is 1. The monoisotopic (exact) mass is 1160 g/mol. The number of nitrogens with two attached hydrogens (primary N) is 1. The zero-order chi connectivity index (χ0) is 58.6. The maximum Gasteiger partial charge on any atom is 0.326 e. The highest BCUT2D eigenvalue weighted by atomic mass is 32.2. The van der Waals surface area contributed by atoms with Gasteiger partial charge in [0, 0.05) is 65.1 Å². The predicted octanol–water partition coefficient (Wildman–Crippen LogP) is 8.34. The number of carboxylic acids is 1. The van der Waals surface area contributed by atoms with Crippen LogP contribution < -0.4 is 31.6 Å². The van der Waals surface area contributed by atoms with Gasteiger partial charge in [-0.3, -0.25) is 23.7 Å². The highest BCUT2D eigenvalue weighted by molar-refractivity contribution is 7.86. The van der Waals surface area contributed by atoms with Gasteiger partial charge in [-0.2, -0.15) is 26.4 Å². The van der Waals surface area contributed by atoms with Crippen molar-refractivity contribution in [3.63, 3.8) is 0 Å². The van der Waals surface area contributed by atoms with E-state index in [2.05, 4.69) is 110 Å². The van der Waals surface area contributed by atoms with Crippen LogP contribution in [0.3, 0.4) is 0 Å². The van der Waals surface area contributed by atoms with Crippen molar-refractivity contribution < 1.29 is 49.9 Å². The maximum absolute atomic E-state index is 13.5. The summed E-state index contributed by atoms with van der Waals surface area (Å²) in [6.45, 7) is 9.63. The number of H-pyrrole nitrogens is 1. The fraction of sp³-hybridized carbons (Fsp3) is 0.317. The van der Waals surface area contributed by atoms with Gasteiger partial charge in [-0.15, -0.1) is 0 Å². The number of amides is 1. The summed E-state index contributed by atoms with van der Waals surface area (Å²) in [6, 6.07) is 28.4. The third kappa shape index (κ3) is 13.5. The van der Waals surface area contributed by atoms with E-state index in [1.54, 1.807) is 48.5 Å². The number of anilines is 3. The molecule has 0 saturated heterocycles. The Morgan fingerprint density at radius 1 is 0.841 bits per heavy atom. The lowest BCUT2D eigenvalue weighted by atomic mass is 9.81. The molecule has 1 atom stereocenters. The van der Waals surface area contributed by atoms with E-state index in [0.717, 1.165) is 51.5 Å². The Morgan fingerprint density at radius 2 is 1.54 bits per heavy atom. The number of nitrogens with zero attached hydrogens (tertiary/aromatic N) is 5. The minimum Gasteiger partial charge on any atom is -0.480 e. The van der Waals surface area contributed by atoms with Gasteiger partial charge in [-0.1, -0.05) is 68.5 Å². The molecule has 3 aliphatic rings. The van der Waals surface area contributed by atoms with Gasteiger partial charge in [-0.05, 0) is 123 Å². The molecule has 20 nitrogen and oxygen atoms in total. The van der Waals surface area contributed by atoms with E-state index in [1.165, 1.54) is 6.20 Å². The summed E-state index contributed by atoms with van der Waals surface area (Å²) >= 11 is 0. The summed E-state index contributed by atoms with van der Waals surface area (Å²) in [5.74, 6) is -1.47. The van der Waals surface area contributed by atoms with Gasteiger partial charge in [0.15, 0.2) is 16.9 Å². The largest absolute Gasteiger partial charge is 0.480 e. The van der Waals surface area contributed by atoms with Gasteiger partial charge >= 0.3 is 5.97 Å². The second-order valence-corrected chi connectivity index (χ2v) is 24.8. The van der Waals surface area contributed by atoms with Gasteiger partial charge in [0.05, 0.1) is 35.4 Å². The second-order valence-electron chi connectivity index (χ2n) is 21.6. The molecule has 8 N–H and O–H groups in total. The highest BCUT2D eigenvalue weighted by Gasteiger charge is 2.44. The zero-order valence-corrected chi connectivity index (χ0v) is 47.6. The molecule has 428 valence electrons. The number of aliphatic carboxylic acids is 1. The number of allylic oxidation sites excluding steroid dienone is 7. The van der Waals surface area contributed by atoms with Gasteiger partial charge < -0.3 is 31.1 Å². The molecule has 2 aliphatic heterocycles.